The number of H-pyrrole nitrogens is 1. The lowest BCUT2D eigenvalue weighted by Gasteiger charge is -2.23. The molecule has 0 unspecified atom stereocenters. The molecule has 2 aromatic carbocycles. The van der Waals surface area contributed by atoms with Crippen LogP contribution >= 0.6 is 0 Å². The van der Waals surface area contributed by atoms with Crippen LogP contribution in [0, 0.1) is 0 Å². The number of aromatic amines is 1. The molecule has 2 heterocycles. The number of rotatable bonds is 4. The third-order valence-electron chi connectivity index (χ3n) is 4.52. The average Bonchev–Trinajstić information content (AvgIpc) is 3.12. The van der Waals surface area contributed by atoms with Crippen molar-refractivity contribution in [3.63, 3.8) is 0 Å². The largest absolute Gasteiger partial charge is 0.482 e. The van der Waals surface area contributed by atoms with Crippen LogP contribution in [-0.4, -0.2) is 34.8 Å². The number of nitrogens with zero attached hydrogens (tertiary/aromatic N) is 1. The van der Waals surface area contributed by atoms with Gasteiger partial charge in [-0.1, -0.05) is 6.07 Å². The van der Waals surface area contributed by atoms with Gasteiger partial charge in [0.25, 0.3) is 11.8 Å². The fourth-order valence-electron chi connectivity index (χ4n) is 3.15. The van der Waals surface area contributed by atoms with Crippen LogP contribution < -0.4 is 10.1 Å². The van der Waals surface area contributed by atoms with Gasteiger partial charge in [-0.05, 0) is 54.3 Å². The van der Waals surface area contributed by atoms with Crippen molar-refractivity contribution in [1.82, 2.24) is 9.88 Å². The number of nitrogens with one attached hydrogen (secondary N) is 2. The van der Waals surface area contributed by atoms with Crippen LogP contribution in [0.25, 0.3) is 10.9 Å². The Balaban J connectivity index is 1.57. The third kappa shape index (κ3) is 3.01. The van der Waals surface area contributed by atoms with Crippen molar-refractivity contribution in [3.8, 4) is 5.75 Å². The van der Waals surface area contributed by atoms with Gasteiger partial charge >= 0.3 is 0 Å². The molecule has 0 radical (unpaired) electrons. The molecule has 4 rings (SSSR count). The number of ether oxygens (including phenoxy) is 1. The fourth-order valence-corrected chi connectivity index (χ4v) is 3.15. The Hall–Kier alpha value is -3.28. The van der Waals surface area contributed by atoms with Crippen molar-refractivity contribution >= 4 is 28.4 Å². The van der Waals surface area contributed by atoms with Gasteiger partial charge in [0.1, 0.15) is 5.75 Å². The van der Waals surface area contributed by atoms with Gasteiger partial charge in [0.2, 0.25) is 0 Å². The number of carbonyl (C=O) groups is 2. The maximum Gasteiger partial charge on any atom is 0.262 e. The molecule has 2 N–H and O–H groups in total. The molecular formula is C20H19N3O3. The molecule has 0 spiro atoms. The highest BCUT2D eigenvalue weighted by Crippen LogP contribution is 2.29. The zero-order valence-corrected chi connectivity index (χ0v) is 14.4. The first kappa shape index (κ1) is 16.2. The van der Waals surface area contributed by atoms with Crippen LogP contribution in [0.15, 0.2) is 48.7 Å². The lowest BCUT2D eigenvalue weighted by Crippen LogP contribution is -2.31. The molecule has 0 aliphatic carbocycles. The average molecular weight is 349 g/mol. The standard InChI is InChI=1S/C20H19N3O3/c1-2-23(11-13-3-5-16-14(9-13)7-8-21-16)20(25)15-4-6-18-17(10-15)22-19(24)12-26-18/h3-10,21H,2,11-12H2,1H3,(H,22,24). The van der Waals surface area contributed by atoms with Crippen molar-refractivity contribution in [1.29, 1.82) is 0 Å². The molecule has 3 aromatic rings. The number of hydrogen-bond acceptors (Lipinski definition) is 3. The second-order valence-electron chi connectivity index (χ2n) is 6.27. The van der Waals surface area contributed by atoms with E-state index < -0.39 is 0 Å². The Morgan fingerprint density at radius 2 is 2.08 bits per heavy atom. The number of anilines is 1. The van der Waals surface area contributed by atoms with Gasteiger partial charge in [-0.15, -0.1) is 0 Å². The Morgan fingerprint density at radius 3 is 2.92 bits per heavy atom. The van der Waals surface area contributed by atoms with E-state index in [0.29, 0.717) is 30.1 Å². The van der Waals surface area contributed by atoms with E-state index in [1.165, 1.54) is 0 Å². The Labute approximate surface area is 150 Å². The minimum Gasteiger partial charge on any atom is -0.482 e. The molecule has 1 aliphatic heterocycles. The maximum atomic E-state index is 12.9. The van der Waals surface area contributed by atoms with Crippen molar-refractivity contribution < 1.29 is 14.3 Å². The summed E-state index contributed by atoms with van der Waals surface area (Å²) >= 11 is 0. The molecule has 0 bridgehead atoms. The van der Waals surface area contributed by atoms with Crippen molar-refractivity contribution in [2.45, 2.75) is 13.5 Å². The van der Waals surface area contributed by atoms with Gasteiger partial charge in [0, 0.05) is 30.4 Å². The number of benzene rings is 2. The molecule has 2 amide bonds. The lowest BCUT2D eigenvalue weighted by molar-refractivity contribution is -0.118. The molecule has 0 atom stereocenters. The smallest absolute Gasteiger partial charge is 0.262 e. The zero-order valence-electron chi connectivity index (χ0n) is 14.4. The quantitative estimate of drug-likeness (QED) is 0.760. The highest BCUT2D eigenvalue weighted by atomic mass is 16.5. The van der Waals surface area contributed by atoms with E-state index in [4.69, 9.17) is 4.74 Å². The second kappa shape index (κ2) is 6.55. The SMILES string of the molecule is CCN(Cc1ccc2[nH]ccc2c1)C(=O)c1ccc2c(c1)NC(=O)CO2. The summed E-state index contributed by atoms with van der Waals surface area (Å²) in [5, 5.41) is 3.87. The first-order valence-corrected chi connectivity index (χ1v) is 8.56. The normalized spacial score (nSPS) is 13.0. The summed E-state index contributed by atoms with van der Waals surface area (Å²) in [6.07, 6.45) is 1.90. The van der Waals surface area contributed by atoms with Gasteiger partial charge in [-0.25, -0.2) is 0 Å². The summed E-state index contributed by atoms with van der Waals surface area (Å²) in [7, 11) is 0. The summed E-state index contributed by atoms with van der Waals surface area (Å²) in [5.74, 6) is 0.292. The lowest BCUT2D eigenvalue weighted by atomic mass is 10.1. The van der Waals surface area contributed by atoms with E-state index in [1.54, 1.807) is 23.1 Å². The van der Waals surface area contributed by atoms with Crippen molar-refractivity contribution in [2.75, 3.05) is 18.5 Å². The topological polar surface area (TPSA) is 74.4 Å². The number of hydrogen-bond donors (Lipinski definition) is 2. The summed E-state index contributed by atoms with van der Waals surface area (Å²) in [6.45, 7) is 3.07. The fraction of sp³-hybridized carbons (Fsp3) is 0.200. The van der Waals surface area contributed by atoms with Gasteiger partial charge in [0.05, 0.1) is 5.69 Å². The van der Waals surface area contributed by atoms with Crippen molar-refractivity contribution in [3.05, 3.63) is 59.8 Å². The molecule has 26 heavy (non-hydrogen) atoms. The summed E-state index contributed by atoms with van der Waals surface area (Å²) in [5.41, 5.74) is 3.21. The van der Waals surface area contributed by atoms with Gasteiger partial charge in [-0.2, -0.15) is 0 Å². The summed E-state index contributed by atoms with van der Waals surface area (Å²) in [6, 6.07) is 13.3. The molecule has 6 nitrogen and oxygen atoms in total. The predicted molar refractivity (Wildman–Crippen MR) is 99.3 cm³/mol. The van der Waals surface area contributed by atoms with E-state index in [2.05, 4.69) is 16.4 Å². The molecule has 0 saturated carbocycles. The molecule has 0 saturated heterocycles. The monoisotopic (exact) mass is 349 g/mol. The van der Waals surface area contributed by atoms with Crippen LogP contribution in [0.5, 0.6) is 5.75 Å². The van der Waals surface area contributed by atoms with Gasteiger partial charge in [0.15, 0.2) is 6.61 Å². The molecule has 6 heteroatoms. The third-order valence-corrected chi connectivity index (χ3v) is 4.52. The van der Waals surface area contributed by atoms with Crippen LogP contribution in [0.3, 0.4) is 0 Å². The highest BCUT2D eigenvalue weighted by Gasteiger charge is 2.20. The Bertz CT molecular complexity index is 993. The van der Waals surface area contributed by atoms with Crippen molar-refractivity contribution in [2.24, 2.45) is 0 Å². The molecule has 0 fully saturated rings. The molecular weight excluding hydrogens is 330 g/mol. The van der Waals surface area contributed by atoms with E-state index in [-0.39, 0.29) is 18.4 Å². The van der Waals surface area contributed by atoms with Crippen LogP contribution in [0.2, 0.25) is 0 Å². The number of carbonyl (C=O) groups excluding carboxylic acids is 2. The Kier molecular flexibility index (Phi) is 4.08. The van der Waals surface area contributed by atoms with Gasteiger partial charge < -0.3 is 19.9 Å². The van der Waals surface area contributed by atoms with E-state index >= 15 is 0 Å². The summed E-state index contributed by atoms with van der Waals surface area (Å²) < 4.78 is 5.35. The van der Waals surface area contributed by atoms with Crippen LogP contribution in [-0.2, 0) is 11.3 Å². The molecule has 1 aliphatic rings. The van der Waals surface area contributed by atoms with E-state index in [0.717, 1.165) is 16.5 Å². The van der Waals surface area contributed by atoms with E-state index in [1.807, 2.05) is 31.3 Å². The van der Waals surface area contributed by atoms with Gasteiger partial charge in [-0.3, -0.25) is 9.59 Å². The minimum absolute atomic E-state index is 0.00299. The number of fused-ring (bicyclic) bond motifs is 2. The van der Waals surface area contributed by atoms with Crippen LogP contribution in [0.1, 0.15) is 22.8 Å². The molecule has 132 valence electrons. The zero-order chi connectivity index (χ0) is 18.1. The Morgan fingerprint density at radius 1 is 1.19 bits per heavy atom. The second-order valence-corrected chi connectivity index (χ2v) is 6.27. The highest BCUT2D eigenvalue weighted by molar-refractivity contribution is 5.99. The molecule has 1 aromatic heterocycles. The summed E-state index contributed by atoms with van der Waals surface area (Å²) in [4.78, 5) is 29.4. The minimum atomic E-state index is -0.214. The first-order valence-electron chi connectivity index (χ1n) is 8.56. The van der Waals surface area contributed by atoms with E-state index in [9.17, 15) is 9.59 Å². The maximum absolute atomic E-state index is 12.9. The predicted octanol–water partition coefficient (Wildman–Crippen LogP) is 3.16. The number of aromatic nitrogens is 1. The first-order chi connectivity index (χ1) is 12.6. The van der Waals surface area contributed by atoms with Crippen LogP contribution in [0.4, 0.5) is 5.69 Å². The number of amides is 2.